The number of benzene rings is 1. The zero-order valence-electron chi connectivity index (χ0n) is 20.1. The molecular weight excluding hydrogens is 422 g/mol. The van der Waals surface area contributed by atoms with Crippen molar-refractivity contribution in [3.05, 3.63) is 34.9 Å². The Kier molecular flexibility index (Phi) is 6.79. The molecule has 0 N–H and O–H groups in total. The molecule has 0 saturated carbocycles. The number of carbonyl (C=O) groups excluding carboxylic acids is 2. The molecule has 0 unspecified atom stereocenters. The number of likely N-dealkylation sites (N-methyl/N-ethyl adjacent to an activating group) is 2. The zero-order chi connectivity index (χ0) is 23.8. The van der Waals surface area contributed by atoms with Crippen LogP contribution in [-0.2, 0) is 9.59 Å². The first kappa shape index (κ1) is 24.0. The standard InChI is InChI=1S/C25H33N3O3S/c1-8-11-28-20-14-21(31-7)17(12-18(20)16(4)15-25(28,5)6)13-19-22(29)26(9-2)24(32)27(10-3)23(19)30/h12-15H,8-11H2,1-7H3. The van der Waals surface area contributed by atoms with Crippen LogP contribution in [0, 0.1) is 0 Å². The highest BCUT2D eigenvalue weighted by Crippen LogP contribution is 2.43. The molecule has 1 aromatic carbocycles. The maximum Gasteiger partial charge on any atom is 0.265 e. The summed E-state index contributed by atoms with van der Waals surface area (Å²) in [5, 5.41) is 0.260. The van der Waals surface area contributed by atoms with Crippen LogP contribution in [0.5, 0.6) is 5.75 Å². The van der Waals surface area contributed by atoms with E-state index < -0.39 is 0 Å². The van der Waals surface area contributed by atoms with Crippen LogP contribution in [0.1, 0.15) is 59.1 Å². The number of nitrogens with zero attached hydrogens (tertiary/aromatic N) is 3. The third-order valence-electron chi connectivity index (χ3n) is 6.12. The number of carbonyl (C=O) groups is 2. The molecule has 3 rings (SSSR count). The highest BCUT2D eigenvalue weighted by molar-refractivity contribution is 7.80. The van der Waals surface area contributed by atoms with Gasteiger partial charge in [0, 0.05) is 42.5 Å². The van der Waals surface area contributed by atoms with Crippen molar-refractivity contribution in [2.75, 3.05) is 31.6 Å². The fourth-order valence-corrected chi connectivity index (χ4v) is 5.01. The van der Waals surface area contributed by atoms with Crippen molar-refractivity contribution >= 4 is 46.5 Å². The number of hydrogen-bond donors (Lipinski definition) is 0. The quantitative estimate of drug-likeness (QED) is 0.360. The lowest BCUT2D eigenvalue weighted by Gasteiger charge is -2.43. The van der Waals surface area contributed by atoms with Crippen molar-refractivity contribution in [2.45, 2.75) is 53.5 Å². The van der Waals surface area contributed by atoms with Gasteiger partial charge in [0.1, 0.15) is 11.3 Å². The molecule has 32 heavy (non-hydrogen) atoms. The van der Waals surface area contributed by atoms with E-state index in [9.17, 15) is 9.59 Å². The van der Waals surface area contributed by atoms with Crippen molar-refractivity contribution in [3.8, 4) is 5.75 Å². The van der Waals surface area contributed by atoms with E-state index in [1.807, 2.05) is 26.0 Å². The van der Waals surface area contributed by atoms with Crippen LogP contribution in [0.3, 0.4) is 0 Å². The van der Waals surface area contributed by atoms with E-state index in [4.69, 9.17) is 17.0 Å². The first-order chi connectivity index (χ1) is 15.1. The minimum absolute atomic E-state index is 0.101. The maximum absolute atomic E-state index is 13.1. The average molecular weight is 456 g/mol. The van der Waals surface area contributed by atoms with E-state index >= 15 is 0 Å². The van der Waals surface area contributed by atoms with Gasteiger partial charge in [-0.3, -0.25) is 19.4 Å². The molecule has 1 saturated heterocycles. The minimum atomic E-state index is -0.368. The predicted octanol–water partition coefficient (Wildman–Crippen LogP) is 4.49. The van der Waals surface area contributed by atoms with Crippen LogP contribution in [0.4, 0.5) is 5.69 Å². The van der Waals surface area contributed by atoms with E-state index in [2.05, 4.69) is 38.7 Å². The van der Waals surface area contributed by atoms with Crippen LogP contribution in [0.15, 0.2) is 23.8 Å². The molecule has 0 spiro atoms. The Hall–Kier alpha value is -2.67. The van der Waals surface area contributed by atoms with Crippen molar-refractivity contribution < 1.29 is 14.3 Å². The zero-order valence-corrected chi connectivity index (χ0v) is 20.9. The van der Waals surface area contributed by atoms with Crippen LogP contribution in [-0.4, -0.2) is 59.0 Å². The summed E-state index contributed by atoms with van der Waals surface area (Å²) in [5.41, 5.74) is 4.02. The van der Waals surface area contributed by atoms with Crippen molar-refractivity contribution in [1.29, 1.82) is 0 Å². The molecule has 2 aliphatic rings. The van der Waals surface area contributed by atoms with Gasteiger partial charge in [0.05, 0.1) is 12.6 Å². The second kappa shape index (κ2) is 9.06. The number of fused-ring (bicyclic) bond motifs is 1. The Morgan fingerprint density at radius 1 is 1.06 bits per heavy atom. The molecule has 0 bridgehead atoms. The molecular formula is C25H33N3O3S. The molecule has 2 amide bonds. The molecule has 0 aromatic heterocycles. The lowest BCUT2D eigenvalue weighted by atomic mass is 9.87. The van der Waals surface area contributed by atoms with Crippen molar-refractivity contribution in [2.24, 2.45) is 0 Å². The second-order valence-corrected chi connectivity index (χ2v) is 9.05. The van der Waals surface area contributed by atoms with Gasteiger partial charge in [-0.25, -0.2) is 0 Å². The third kappa shape index (κ3) is 3.94. The number of hydrogen-bond acceptors (Lipinski definition) is 5. The maximum atomic E-state index is 13.1. The summed E-state index contributed by atoms with van der Waals surface area (Å²) in [4.78, 5) is 31.5. The first-order valence-electron chi connectivity index (χ1n) is 11.2. The number of thiocarbonyl (C=S) groups is 1. The molecule has 2 heterocycles. The van der Waals surface area contributed by atoms with Crippen LogP contribution in [0.25, 0.3) is 11.6 Å². The van der Waals surface area contributed by atoms with Gasteiger partial charge in [-0.2, -0.15) is 0 Å². The first-order valence-corrected chi connectivity index (χ1v) is 11.6. The van der Waals surface area contributed by atoms with Crippen LogP contribution in [0.2, 0.25) is 0 Å². The summed E-state index contributed by atoms with van der Waals surface area (Å²) in [6.45, 7) is 14.1. The second-order valence-electron chi connectivity index (χ2n) is 8.68. The summed E-state index contributed by atoms with van der Waals surface area (Å²) in [6.07, 6.45) is 4.93. The smallest absolute Gasteiger partial charge is 0.265 e. The molecule has 1 fully saturated rings. The highest BCUT2D eigenvalue weighted by Gasteiger charge is 2.38. The Labute approximate surface area is 196 Å². The SMILES string of the molecule is CCCN1c2cc(OC)c(C=C3C(=O)N(CC)C(=S)N(CC)C3=O)cc2C(C)=CC1(C)C. The van der Waals surface area contributed by atoms with Gasteiger partial charge in [0.2, 0.25) is 0 Å². The molecule has 1 aromatic rings. The van der Waals surface area contributed by atoms with Crippen LogP contribution >= 0.6 is 12.2 Å². The van der Waals surface area contributed by atoms with Gasteiger partial charge in [-0.1, -0.05) is 13.0 Å². The molecule has 0 aliphatic carbocycles. The molecule has 172 valence electrons. The van der Waals surface area contributed by atoms with Gasteiger partial charge in [-0.15, -0.1) is 0 Å². The van der Waals surface area contributed by atoms with E-state index in [0.29, 0.717) is 24.4 Å². The predicted molar refractivity (Wildman–Crippen MR) is 134 cm³/mol. The molecule has 2 aliphatic heterocycles. The van der Waals surface area contributed by atoms with E-state index in [1.54, 1.807) is 13.2 Å². The largest absolute Gasteiger partial charge is 0.496 e. The highest BCUT2D eigenvalue weighted by atomic mass is 32.1. The average Bonchev–Trinajstić information content (AvgIpc) is 2.74. The molecule has 7 heteroatoms. The number of ether oxygens (including phenoxy) is 1. The Morgan fingerprint density at radius 2 is 1.66 bits per heavy atom. The third-order valence-corrected chi connectivity index (χ3v) is 6.56. The van der Waals surface area contributed by atoms with Crippen molar-refractivity contribution in [1.82, 2.24) is 9.80 Å². The normalized spacial score (nSPS) is 18.1. The van der Waals surface area contributed by atoms with E-state index in [0.717, 1.165) is 29.8 Å². The molecule has 0 atom stereocenters. The van der Waals surface area contributed by atoms with Crippen LogP contribution < -0.4 is 9.64 Å². The van der Waals surface area contributed by atoms with Gasteiger partial charge < -0.3 is 9.64 Å². The fourth-order valence-electron chi connectivity index (χ4n) is 4.58. The summed E-state index contributed by atoms with van der Waals surface area (Å²) in [5.74, 6) is -0.108. The van der Waals surface area contributed by atoms with Gasteiger partial charge >= 0.3 is 0 Å². The minimum Gasteiger partial charge on any atom is -0.496 e. The van der Waals surface area contributed by atoms with Crippen molar-refractivity contribution in [3.63, 3.8) is 0 Å². The van der Waals surface area contributed by atoms with Gasteiger partial charge in [0.25, 0.3) is 11.8 Å². The van der Waals surface area contributed by atoms with E-state index in [1.165, 1.54) is 9.80 Å². The molecule has 6 nitrogen and oxygen atoms in total. The Balaban J connectivity index is 2.18. The monoisotopic (exact) mass is 455 g/mol. The summed E-state index contributed by atoms with van der Waals surface area (Å²) in [7, 11) is 1.61. The van der Waals surface area contributed by atoms with Gasteiger partial charge in [-0.05, 0) is 71.0 Å². The summed E-state index contributed by atoms with van der Waals surface area (Å²) >= 11 is 5.37. The summed E-state index contributed by atoms with van der Waals surface area (Å²) in [6, 6.07) is 4.04. The van der Waals surface area contributed by atoms with E-state index in [-0.39, 0.29) is 28.0 Å². The number of methoxy groups -OCH3 is 1. The Bertz CT molecular complexity index is 998. The summed E-state index contributed by atoms with van der Waals surface area (Å²) < 4.78 is 5.71. The number of amides is 2. The number of rotatable bonds is 6. The Morgan fingerprint density at radius 3 is 2.16 bits per heavy atom. The lowest BCUT2D eigenvalue weighted by molar-refractivity contribution is -0.133. The molecule has 0 radical (unpaired) electrons. The number of allylic oxidation sites excluding steroid dienone is 1. The lowest BCUT2D eigenvalue weighted by Crippen LogP contribution is -2.55. The van der Waals surface area contributed by atoms with Gasteiger partial charge in [0.15, 0.2) is 5.11 Å². The number of anilines is 1. The fraction of sp³-hybridized carbons (Fsp3) is 0.480. The topological polar surface area (TPSA) is 53.1 Å².